The summed E-state index contributed by atoms with van der Waals surface area (Å²) in [5, 5.41) is 7.02. The van der Waals surface area contributed by atoms with Crippen molar-refractivity contribution in [2.24, 2.45) is 0 Å². The number of rotatable bonds is 6. The topological polar surface area (TPSA) is 24.1 Å². The van der Waals surface area contributed by atoms with Gasteiger partial charge in [0.2, 0.25) is 0 Å². The molecule has 0 bridgehead atoms. The molecule has 0 aliphatic heterocycles. The van der Waals surface area contributed by atoms with Crippen molar-refractivity contribution in [3.63, 3.8) is 0 Å². The second kappa shape index (κ2) is 6.35. The van der Waals surface area contributed by atoms with Gasteiger partial charge in [-0.25, -0.2) is 0 Å². The molecular formula is C16H28N2. The smallest absolute Gasteiger partial charge is 0.00970 e. The monoisotopic (exact) mass is 248 g/mol. The lowest BCUT2D eigenvalue weighted by Gasteiger charge is -2.26. The first-order valence-corrected chi connectivity index (χ1v) is 6.82. The van der Waals surface area contributed by atoms with Gasteiger partial charge in [0.15, 0.2) is 0 Å². The van der Waals surface area contributed by atoms with Crippen molar-refractivity contribution in [1.82, 2.24) is 10.6 Å². The van der Waals surface area contributed by atoms with E-state index >= 15 is 0 Å². The van der Waals surface area contributed by atoms with Crippen LogP contribution in [0.5, 0.6) is 0 Å². The van der Waals surface area contributed by atoms with Crippen LogP contribution in [-0.2, 0) is 5.41 Å². The summed E-state index contributed by atoms with van der Waals surface area (Å²) in [5.74, 6) is 0. The second-order valence-corrected chi connectivity index (χ2v) is 6.60. The van der Waals surface area contributed by atoms with E-state index in [0.717, 1.165) is 19.6 Å². The maximum atomic E-state index is 3.53. The molecule has 0 aromatic heterocycles. The Labute approximate surface area is 112 Å². The Morgan fingerprint density at radius 1 is 0.889 bits per heavy atom. The molecule has 1 aromatic rings. The SMILES string of the molecule is CC(C)(C)NCCNCC(C)(C)c1ccccc1. The van der Waals surface area contributed by atoms with Crippen LogP contribution in [0.2, 0.25) is 0 Å². The van der Waals surface area contributed by atoms with E-state index in [2.05, 4.69) is 75.6 Å². The van der Waals surface area contributed by atoms with Crippen LogP contribution < -0.4 is 10.6 Å². The quantitative estimate of drug-likeness (QED) is 0.756. The molecule has 0 saturated carbocycles. The highest BCUT2D eigenvalue weighted by molar-refractivity contribution is 5.23. The van der Waals surface area contributed by atoms with Gasteiger partial charge >= 0.3 is 0 Å². The van der Waals surface area contributed by atoms with Crippen molar-refractivity contribution in [3.8, 4) is 0 Å². The fraction of sp³-hybridized carbons (Fsp3) is 0.625. The van der Waals surface area contributed by atoms with Crippen LogP contribution in [0.15, 0.2) is 30.3 Å². The fourth-order valence-electron chi connectivity index (χ4n) is 1.92. The summed E-state index contributed by atoms with van der Waals surface area (Å²) in [6.07, 6.45) is 0. The molecule has 0 atom stereocenters. The van der Waals surface area contributed by atoms with Gasteiger partial charge < -0.3 is 10.6 Å². The van der Waals surface area contributed by atoms with Gasteiger partial charge in [-0.15, -0.1) is 0 Å². The van der Waals surface area contributed by atoms with Crippen LogP contribution in [-0.4, -0.2) is 25.2 Å². The summed E-state index contributed by atoms with van der Waals surface area (Å²) in [6, 6.07) is 10.7. The molecule has 1 rings (SSSR count). The maximum Gasteiger partial charge on any atom is 0.00970 e. The molecule has 0 amide bonds. The first-order valence-electron chi connectivity index (χ1n) is 6.82. The average molecular weight is 248 g/mol. The molecule has 1 aromatic carbocycles. The zero-order valence-electron chi connectivity index (χ0n) is 12.5. The molecule has 102 valence electrons. The van der Waals surface area contributed by atoms with Crippen LogP contribution in [0.4, 0.5) is 0 Å². The number of nitrogens with one attached hydrogen (secondary N) is 2. The molecular weight excluding hydrogens is 220 g/mol. The Morgan fingerprint density at radius 3 is 2.06 bits per heavy atom. The Hall–Kier alpha value is -0.860. The van der Waals surface area contributed by atoms with E-state index in [0.29, 0.717) is 0 Å². The predicted octanol–water partition coefficient (Wildman–Crippen LogP) is 2.94. The van der Waals surface area contributed by atoms with Crippen molar-refractivity contribution >= 4 is 0 Å². The molecule has 2 nitrogen and oxygen atoms in total. The molecule has 0 saturated heterocycles. The highest BCUT2D eigenvalue weighted by Crippen LogP contribution is 2.21. The van der Waals surface area contributed by atoms with Crippen molar-refractivity contribution in [3.05, 3.63) is 35.9 Å². The summed E-state index contributed by atoms with van der Waals surface area (Å²) < 4.78 is 0. The Morgan fingerprint density at radius 2 is 1.50 bits per heavy atom. The van der Waals surface area contributed by atoms with Crippen molar-refractivity contribution in [2.75, 3.05) is 19.6 Å². The van der Waals surface area contributed by atoms with Crippen molar-refractivity contribution in [1.29, 1.82) is 0 Å². The van der Waals surface area contributed by atoms with Gasteiger partial charge in [0, 0.05) is 30.6 Å². The van der Waals surface area contributed by atoms with Gasteiger partial charge in [0.1, 0.15) is 0 Å². The lowest BCUT2D eigenvalue weighted by atomic mass is 9.85. The molecule has 0 unspecified atom stereocenters. The fourth-order valence-corrected chi connectivity index (χ4v) is 1.92. The standard InChI is InChI=1S/C16H28N2/c1-15(2,3)18-12-11-17-13-16(4,5)14-9-7-6-8-10-14/h6-10,17-18H,11-13H2,1-5H3. The van der Waals surface area contributed by atoms with Crippen molar-refractivity contribution < 1.29 is 0 Å². The molecule has 2 N–H and O–H groups in total. The molecule has 0 fully saturated rings. The molecule has 18 heavy (non-hydrogen) atoms. The van der Waals surface area contributed by atoms with Crippen LogP contribution in [0.1, 0.15) is 40.2 Å². The van der Waals surface area contributed by atoms with Gasteiger partial charge in [0.05, 0.1) is 0 Å². The molecule has 0 aliphatic carbocycles. The minimum atomic E-state index is 0.184. The molecule has 2 heteroatoms. The van der Waals surface area contributed by atoms with Gasteiger partial charge in [0.25, 0.3) is 0 Å². The highest BCUT2D eigenvalue weighted by Gasteiger charge is 2.19. The molecule has 0 aliphatic rings. The molecule has 0 heterocycles. The van der Waals surface area contributed by atoms with Gasteiger partial charge in [-0.1, -0.05) is 44.2 Å². The summed E-state index contributed by atoms with van der Waals surface area (Å²) >= 11 is 0. The molecule has 0 spiro atoms. The number of benzene rings is 1. The lowest BCUT2D eigenvalue weighted by Crippen LogP contribution is -2.42. The van der Waals surface area contributed by atoms with E-state index < -0.39 is 0 Å². The van der Waals surface area contributed by atoms with Crippen LogP contribution in [0.3, 0.4) is 0 Å². The van der Waals surface area contributed by atoms with E-state index in [1.807, 2.05) is 0 Å². The third-order valence-electron chi connectivity index (χ3n) is 3.08. The van der Waals surface area contributed by atoms with Crippen LogP contribution in [0.25, 0.3) is 0 Å². The zero-order valence-corrected chi connectivity index (χ0v) is 12.5. The number of hydrogen-bond acceptors (Lipinski definition) is 2. The van der Waals surface area contributed by atoms with Gasteiger partial charge in [-0.2, -0.15) is 0 Å². The van der Waals surface area contributed by atoms with E-state index in [-0.39, 0.29) is 11.0 Å². The van der Waals surface area contributed by atoms with Gasteiger partial charge in [-0.05, 0) is 26.3 Å². The molecule has 0 radical (unpaired) electrons. The summed E-state index contributed by atoms with van der Waals surface area (Å²) in [7, 11) is 0. The Kier molecular flexibility index (Phi) is 5.36. The first-order chi connectivity index (χ1) is 8.31. The Bertz CT molecular complexity index is 336. The largest absolute Gasteiger partial charge is 0.315 e. The van der Waals surface area contributed by atoms with E-state index in [1.54, 1.807) is 0 Å². The first kappa shape index (κ1) is 15.2. The maximum absolute atomic E-state index is 3.53. The summed E-state index contributed by atoms with van der Waals surface area (Å²) in [5.41, 5.74) is 1.78. The average Bonchev–Trinajstić information content (AvgIpc) is 2.28. The summed E-state index contributed by atoms with van der Waals surface area (Å²) in [4.78, 5) is 0. The minimum Gasteiger partial charge on any atom is -0.315 e. The van der Waals surface area contributed by atoms with E-state index in [4.69, 9.17) is 0 Å². The van der Waals surface area contributed by atoms with Crippen molar-refractivity contribution in [2.45, 2.75) is 45.6 Å². The lowest BCUT2D eigenvalue weighted by molar-refractivity contribution is 0.407. The van der Waals surface area contributed by atoms with Crippen LogP contribution >= 0.6 is 0 Å². The minimum absolute atomic E-state index is 0.184. The Balaban J connectivity index is 2.30. The van der Waals surface area contributed by atoms with Crippen LogP contribution in [0, 0.1) is 0 Å². The third kappa shape index (κ3) is 5.65. The van der Waals surface area contributed by atoms with Gasteiger partial charge in [-0.3, -0.25) is 0 Å². The third-order valence-corrected chi connectivity index (χ3v) is 3.08. The summed E-state index contributed by atoms with van der Waals surface area (Å²) in [6.45, 7) is 14.2. The zero-order chi connectivity index (χ0) is 13.6. The predicted molar refractivity (Wildman–Crippen MR) is 80.1 cm³/mol. The number of hydrogen-bond donors (Lipinski definition) is 2. The van der Waals surface area contributed by atoms with E-state index in [9.17, 15) is 0 Å². The normalized spacial score (nSPS) is 12.7. The second-order valence-electron chi connectivity index (χ2n) is 6.60. The van der Waals surface area contributed by atoms with E-state index in [1.165, 1.54) is 5.56 Å². The highest BCUT2D eigenvalue weighted by atomic mass is 15.0.